The maximum atomic E-state index is 14.1. The predicted molar refractivity (Wildman–Crippen MR) is 108 cm³/mol. The summed E-state index contributed by atoms with van der Waals surface area (Å²) < 4.78 is 54.0. The number of benzene rings is 2. The minimum Gasteiger partial charge on any atom is -0.493 e. The minimum atomic E-state index is -3.99. The number of nitrogens with one attached hydrogen (secondary N) is 1. The van der Waals surface area contributed by atoms with Crippen LogP contribution in [0.3, 0.4) is 0 Å². The van der Waals surface area contributed by atoms with Gasteiger partial charge in [0.1, 0.15) is 12.4 Å². The number of amides is 1. The first-order valence-electron chi connectivity index (χ1n) is 8.48. The van der Waals surface area contributed by atoms with E-state index >= 15 is 0 Å². The lowest BCUT2D eigenvalue weighted by Crippen LogP contribution is -2.38. The number of para-hydroxylation sites is 1. The van der Waals surface area contributed by atoms with E-state index in [-0.39, 0.29) is 28.4 Å². The zero-order valence-corrected chi connectivity index (χ0v) is 17.6. The van der Waals surface area contributed by atoms with Crippen molar-refractivity contribution in [1.29, 1.82) is 0 Å². The molecular formula is C19H21FN2O7S. The molecule has 2 rings (SSSR count). The van der Waals surface area contributed by atoms with Crippen LogP contribution in [0.1, 0.15) is 10.4 Å². The van der Waals surface area contributed by atoms with Gasteiger partial charge in [0, 0.05) is 12.1 Å². The minimum absolute atomic E-state index is 0.00600. The summed E-state index contributed by atoms with van der Waals surface area (Å²) in [5.74, 6) is -1.95. The van der Waals surface area contributed by atoms with Gasteiger partial charge in [0.05, 0.1) is 44.5 Å². The van der Waals surface area contributed by atoms with Crippen molar-refractivity contribution in [2.75, 3.05) is 43.8 Å². The van der Waals surface area contributed by atoms with Crippen molar-refractivity contribution in [2.45, 2.75) is 0 Å². The van der Waals surface area contributed by atoms with Gasteiger partial charge in [-0.1, -0.05) is 12.1 Å². The number of nitrogens with zero attached hydrogens (tertiary/aromatic N) is 1. The number of rotatable bonds is 8. The van der Waals surface area contributed by atoms with Gasteiger partial charge in [-0.2, -0.15) is 0 Å². The Morgan fingerprint density at radius 1 is 1.07 bits per heavy atom. The molecule has 0 spiro atoms. The van der Waals surface area contributed by atoms with Gasteiger partial charge in [0.25, 0.3) is 0 Å². The molecule has 0 saturated heterocycles. The lowest BCUT2D eigenvalue weighted by molar-refractivity contribution is -0.114. The lowest BCUT2D eigenvalue weighted by Gasteiger charge is -2.22. The number of hydrogen-bond donors (Lipinski definition) is 1. The summed E-state index contributed by atoms with van der Waals surface area (Å²) in [6.07, 6.45) is 0.850. The van der Waals surface area contributed by atoms with E-state index in [1.165, 1.54) is 44.6 Å². The highest BCUT2D eigenvalue weighted by atomic mass is 32.2. The number of carbonyl (C=O) groups excluding carboxylic acids is 2. The van der Waals surface area contributed by atoms with E-state index in [0.29, 0.717) is 4.31 Å². The number of halogens is 1. The van der Waals surface area contributed by atoms with E-state index in [2.05, 4.69) is 5.32 Å². The Balaban J connectivity index is 2.40. The molecule has 1 amide bonds. The number of ether oxygens (including phenoxy) is 3. The van der Waals surface area contributed by atoms with Crippen LogP contribution < -0.4 is 19.1 Å². The molecule has 1 N–H and O–H groups in total. The standard InChI is InChI=1S/C19H21FN2O7S/c1-27-16-9-12(19(24)29-3)14(10-17(16)28-2)21-18(23)11-22(30(4,25)26)15-8-6-5-7-13(15)20/h5-10H,11H2,1-4H3,(H,21,23). The van der Waals surface area contributed by atoms with E-state index in [9.17, 15) is 22.4 Å². The highest BCUT2D eigenvalue weighted by molar-refractivity contribution is 7.92. The zero-order chi connectivity index (χ0) is 22.5. The highest BCUT2D eigenvalue weighted by Crippen LogP contribution is 2.34. The van der Waals surface area contributed by atoms with E-state index < -0.39 is 34.3 Å². The molecule has 0 saturated carbocycles. The number of esters is 1. The SMILES string of the molecule is COC(=O)c1cc(OC)c(OC)cc1NC(=O)CN(c1ccccc1F)S(C)(=O)=O. The highest BCUT2D eigenvalue weighted by Gasteiger charge is 2.25. The first kappa shape index (κ1) is 22.9. The fraction of sp³-hybridized carbons (Fsp3) is 0.263. The van der Waals surface area contributed by atoms with Gasteiger partial charge in [0.15, 0.2) is 11.5 Å². The lowest BCUT2D eigenvalue weighted by atomic mass is 10.1. The van der Waals surface area contributed by atoms with Crippen LogP contribution in [-0.2, 0) is 19.6 Å². The van der Waals surface area contributed by atoms with Gasteiger partial charge in [0.2, 0.25) is 15.9 Å². The molecule has 2 aromatic carbocycles. The van der Waals surface area contributed by atoms with Gasteiger partial charge in [-0.15, -0.1) is 0 Å². The van der Waals surface area contributed by atoms with Crippen molar-refractivity contribution in [1.82, 2.24) is 0 Å². The van der Waals surface area contributed by atoms with Crippen LogP contribution in [0.2, 0.25) is 0 Å². The summed E-state index contributed by atoms with van der Waals surface area (Å²) in [4.78, 5) is 24.7. The number of sulfonamides is 1. The molecule has 2 aromatic rings. The van der Waals surface area contributed by atoms with E-state index in [1.54, 1.807) is 0 Å². The van der Waals surface area contributed by atoms with Crippen LogP contribution in [0.25, 0.3) is 0 Å². The average molecular weight is 440 g/mol. The van der Waals surface area contributed by atoms with Crippen LogP contribution in [0, 0.1) is 5.82 Å². The second-order valence-corrected chi connectivity index (χ2v) is 7.92. The second-order valence-electron chi connectivity index (χ2n) is 6.01. The second kappa shape index (κ2) is 9.44. The van der Waals surface area contributed by atoms with Gasteiger partial charge in [-0.25, -0.2) is 17.6 Å². The van der Waals surface area contributed by atoms with Gasteiger partial charge < -0.3 is 19.5 Å². The van der Waals surface area contributed by atoms with E-state index in [4.69, 9.17) is 14.2 Å². The smallest absolute Gasteiger partial charge is 0.340 e. The van der Waals surface area contributed by atoms with E-state index in [1.807, 2.05) is 0 Å². The molecule has 0 unspecified atom stereocenters. The quantitative estimate of drug-likeness (QED) is 0.625. The Morgan fingerprint density at radius 2 is 1.67 bits per heavy atom. The molecule has 0 radical (unpaired) electrons. The van der Waals surface area contributed by atoms with Crippen molar-refractivity contribution in [3.63, 3.8) is 0 Å². The first-order chi connectivity index (χ1) is 14.1. The summed E-state index contributed by atoms with van der Waals surface area (Å²) in [7, 11) is -0.0888. The Morgan fingerprint density at radius 3 is 2.20 bits per heavy atom. The average Bonchev–Trinajstić information content (AvgIpc) is 2.70. The van der Waals surface area contributed by atoms with Crippen LogP contribution in [0.15, 0.2) is 36.4 Å². The topological polar surface area (TPSA) is 111 Å². The summed E-state index contributed by atoms with van der Waals surface area (Å²) in [5, 5.41) is 2.44. The van der Waals surface area contributed by atoms with E-state index in [0.717, 1.165) is 19.4 Å². The largest absolute Gasteiger partial charge is 0.493 e. The molecule has 162 valence electrons. The Bertz CT molecular complexity index is 1060. The molecule has 0 aromatic heterocycles. The molecule has 0 aliphatic carbocycles. The number of methoxy groups -OCH3 is 3. The summed E-state index contributed by atoms with van der Waals surface area (Å²) in [6, 6.07) is 7.79. The summed E-state index contributed by atoms with van der Waals surface area (Å²) >= 11 is 0. The van der Waals surface area contributed by atoms with Crippen LogP contribution >= 0.6 is 0 Å². The molecule has 0 heterocycles. The van der Waals surface area contributed by atoms with Gasteiger partial charge >= 0.3 is 5.97 Å². The molecule has 0 aliphatic heterocycles. The first-order valence-corrected chi connectivity index (χ1v) is 10.3. The maximum absolute atomic E-state index is 14.1. The third-order valence-electron chi connectivity index (χ3n) is 4.01. The van der Waals surface area contributed by atoms with Crippen LogP contribution in [-0.4, -0.2) is 54.4 Å². The van der Waals surface area contributed by atoms with Crippen LogP contribution in [0.5, 0.6) is 11.5 Å². The molecule has 0 aliphatic rings. The Kier molecular flexibility index (Phi) is 7.22. The Hall–Kier alpha value is -3.34. The number of hydrogen-bond acceptors (Lipinski definition) is 7. The molecule has 9 nitrogen and oxygen atoms in total. The third-order valence-corrected chi connectivity index (χ3v) is 5.14. The molecule has 0 fully saturated rings. The van der Waals surface area contributed by atoms with Gasteiger partial charge in [-0.05, 0) is 12.1 Å². The predicted octanol–water partition coefficient (Wildman–Crippen LogP) is 2.03. The maximum Gasteiger partial charge on any atom is 0.340 e. The van der Waals surface area contributed by atoms with Crippen molar-refractivity contribution < 1.29 is 36.6 Å². The molecule has 0 atom stereocenters. The van der Waals surface area contributed by atoms with Crippen LogP contribution in [0.4, 0.5) is 15.8 Å². The normalized spacial score (nSPS) is 10.8. The zero-order valence-electron chi connectivity index (χ0n) is 16.8. The fourth-order valence-electron chi connectivity index (χ4n) is 2.62. The van der Waals surface area contributed by atoms with Crippen molar-refractivity contribution in [3.8, 4) is 11.5 Å². The Labute approximate surface area is 173 Å². The molecule has 30 heavy (non-hydrogen) atoms. The molecular weight excluding hydrogens is 419 g/mol. The summed E-state index contributed by atoms with van der Waals surface area (Å²) in [5.41, 5.74) is -0.317. The third kappa shape index (κ3) is 5.17. The summed E-state index contributed by atoms with van der Waals surface area (Å²) in [6.45, 7) is -0.727. The fourth-order valence-corrected chi connectivity index (χ4v) is 3.47. The van der Waals surface area contributed by atoms with Crippen molar-refractivity contribution in [2.24, 2.45) is 0 Å². The molecule has 11 heteroatoms. The number of anilines is 2. The van der Waals surface area contributed by atoms with Crippen molar-refractivity contribution in [3.05, 3.63) is 47.8 Å². The molecule has 0 bridgehead atoms. The monoisotopic (exact) mass is 440 g/mol. The van der Waals surface area contributed by atoms with Crippen molar-refractivity contribution >= 4 is 33.3 Å². The number of carbonyl (C=O) groups is 2. The van der Waals surface area contributed by atoms with Gasteiger partial charge in [-0.3, -0.25) is 9.10 Å².